The van der Waals surface area contributed by atoms with Gasteiger partial charge < -0.3 is 9.84 Å². The molecule has 2 heterocycles. The van der Waals surface area contributed by atoms with E-state index in [1.54, 1.807) is 54.6 Å². The minimum absolute atomic E-state index is 0.0510. The average Bonchev–Trinajstić information content (AvgIpc) is 3.37. The van der Waals surface area contributed by atoms with E-state index in [1.807, 2.05) is 0 Å². The van der Waals surface area contributed by atoms with Crippen molar-refractivity contribution in [1.29, 1.82) is 0 Å². The maximum atomic E-state index is 13.7. The molecule has 1 N–H and O–H groups in total. The average molecular weight is 460 g/mol. The molecule has 0 unspecified atom stereocenters. The maximum absolute atomic E-state index is 13.7. The molecule has 3 aromatic carbocycles. The molecule has 164 valence electrons. The molecule has 1 atom stereocenters. The Morgan fingerprint density at radius 1 is 1.06 bits per heavy atom. The van der Waals surface area contributed by atoms with Gasteiger partial charge in [0, 0.05) is 5.56 Å². The van der Waals surface area contributed by atoms with Gasteiger partial charge in [-0.05, 0) is 35.9 Å². The first-order valence-corrected chi connectivity index (χ1v) is 10.9. The number of carbonyl (C=O) groups excluding carboxylic acids is 2. The fraction of sp³-hybridized carbons (Fsp3) is 0.0800. The summed E-state index contributed by atoms with van der Waals surface area (Å²) < 4.78 is 19.6. The smallest absolute Gasteiger partial charge is 0.301 e. The normalized spacial score (nSPS) is 17.6. The third kappa shape index (κ3) is 3.54. The van der Waals surface area contributed by atoms with Gasteiger partial charge in [0.1, 0.15) is 17.3 Å². The number of hydrogen-bond donors (Lipinski definition) is 1. The zero-order chi connectivity index (χ0) is 23.1. The van der Waals surface area contributed by atoms with E-state index in [4.69, 9.17) is 4.74 Å². The van der Waals surface area contributed by atoms with Crippen molar-refractivity contribution in [3.05, 3.63) is 95.3 Å². The second-order valence-electron chi connectivity index (χ2n) is 7.42. The van der Waals surface area contributed by atoms with Crippen LogP contribution in [0.2, 0.25) is 0 Å². The first-order valence-electron chi connectivity index (χ1n) is 10.0. The number of aliphatic hydroxyl groups is 1. The summed E-state index contributed by atoms with van der Waals surface area (Å²) in [6.07, 6.45) is 0. The van der Waals surface area contributed by atoms with Crippen LogP contribution < -0.4 is 9.64 Å². The Bertz CT molecular complexity index is 1430. The first kappa shape index (κ1) is 20.8. The lowest BCUT2D eigenvalue weighted by atomic mass is 9.95. The van der Waals surface area contributed by atoms with E-state index in [0.717, 1.165) is 11.3 Å². The van der Waals surface area contributed by atoms with Gasteiger partial charge in [0.05, 0.1) is 28.9 Å². The summed E-state index contributed by atoms with van der Waals surface area (Å²) in [5.41, 5.74) is 1.43. The number of halogens is 1. The van der Waals surface area contributed by atoms with Crippen LogP contribution in [0.15, 0.2) is 78.4 Å². The van der Waals surface area contributed by atoms with Crippen LogP contribution in [0.4, 0.5) is 9.52 Å². The largest absolute Gasteiger partial charge is 0.507 e. The molecule has 0 aliphatic carbocycles. The third-order valence-corrected chi connectivity index (χ3v) is 6.46. The number of amides is 1. The van der Waals surface area contributed by atoms with Gasteiger partial charge in [0.25, 0.3) is 5.78 Å². The molecule has 5 rings (SSSR count). The number of anilines is 1. The van der Waals surface area contributed by atoms with Gasteiger partial charge in [0.15, 0.2) is 5.13 Å². The number of ether oxygens (including phenoxy) is 1. The molecule has 1 aliphatic rings. The molecule has 33 heavy (non-hydrogen) atoms. The fourth-order valence-electron chi connectivity index (χ4n) is 3.90. The number of nitrogens with zero attached hydrogens (tertiary/aromatic N) is 2. The van der Waals surface area contributed by atoms with Gasteiger partial charge in [-0.3, -0.25) is 14.5 Å². The number of hydrogen-bond acceptors (Lipinski definition) is 6. The molecule has 0 saturated carbocycles. The molecule has 6 nitrogen and oxygen atoms in total. The Hall–Kier alpha value is -4.04. The first-order chi connectivity index (χ1) is 16.0. The minimum Gasteiger partial charge on any atom is -0.507 e. The van der Waals surface area contributed by atoms with E-state index in [2.05, 4.69) is 4.98 Å². The fourth-order valence-corrected chi connectivity index (χ4v) is 4.91. The van der Waals surface area contributed by atoms with Crippen molar-refractivity contribution in [2.45, 2.75) is 6.04 Å². The van der Waals surface area contributed by atoms with Gasteiger partial charge >= 0.3 is 5.91 Å². The summed E-state index contributed by atoms with van der Waals surface area (Å²) in [5.74, 6) is -1.82. The van der Waals surface area contributed by atoms with Crippen molar-refractivity contribution in [2.75, 3.05) is 12.0 Å². The molecular weight excluding hydrogens is 443 g/mol. The molecule has 1 aliphatic heterocycles. The van der Waals surface area contributed by atoms with E-state index in [9.17, 15) is 19.1 Å². The van der Waals surface area contributed by atoms with Crippen molar-refractivity contribution in [2.24, 2.45) is 0 Å². The van der Waals surface area contributed by atoms with Crippen LogP contribution in [-0.2, 0) is 9.59 Å². The van der Waals surface area contributed by atoms with Crippen molar-refractivity contribution < 1.29 is 23.8 Å². The maximum Gasteiger partial charge on any atom is 0.301 e. The lowest BCUT2D eigenvalue weighted by molar-refractivity contribution is -0.132. The minimum atomic E-state index is -0.939. The zero-order valence-electron chi connectivity index (χ0n) is 17.4. The summed E-state index contributed by atoms with van der Waals surface area (Å²) in [5, 5.41) is 11.3. The number of ketones is 1. The quantitative estimate of drug-likeness (QED) is 0.261. The summed E-state index contributed by atoms with van der Waals surface area (Å²) in [6, 6.07) is 18.7. The lowest BCUT2D eigenvalue weighted by Crippen LogP contribution is -2.29. The molecule has 1 aromatic heterocycles. The molecular formula is C25H17FN2O4S. The molecule has 1 amide bonds. The number of aromatic nitrogens is 1. The Morgan fingerprint density at radius 2 is 1.85 bits per heavy atom. The number of Topliss-reactive ketones (excluding diaryl/α,β-unsaturated/α-hetero) is 1. The number of methoxy groups -OCH3 is 1. The van der Waals surface area contributed by atoms with Gasteiger partial charge in [0.2, 0.25) is 0 Å². The number of fused-ring (bicyclic) bond motifs is 1. The highest BCUT2D eigenvalue weighted by molar-refractivity contribution is 7.22. The number of aliphatic hydroxyl groups excluding tert-OH is 1. The van der Waals surface area contributed by atoms with E-state index in [0.29, 0.717) is 27.1 Å². The highest BCUT2D eigenvalue weighted by Gasteiger charge is 2.48. The Kier molecular flexibility index (Phi) is 5.14. The van der Waals surface area contributed by atoms with Crippen LogP contribution >= 0.6 is 11.3 Å². The van der Waals surface area contributed by atoms with Gasteiger partial charge in [-0.25, -0.2) is 9.37 Å². The highest BCUT2D eigenvalue weighted by Crippen LogP contribution is 2.44. The third-order valence-electron chi connectivity index (χ3n) is 5.45. The van der Waals surface area contributed by atoms with Gasteiger partial charge in [-0.15, -0.1) is 0 Å². The summed E-state index contributed by atoms with van der Waals surface area (Å²) in [7, 11) is 1.52. The van der Waals surface area contributed by atoms with Crippen molar-refractivity contribution in [3.63, 3.8) is 0 Å². The van der Waals surface area contributed by atoms with Crippen LogP contribution in [0.1, 0.15) is 17.2 Å². The highest BCUT2D eigenvalue weighted by atomic mass is 32.1. The van der Waals surface area contributed by atoms with Crippen molar-refractivity contribution in [1.82, 2.24) is 4.98 Å². The van der Waals surface area contributed by atoms with Gasteiger partial charge in [-0.1, -0.05) is 53.8 Å². The van der Waals surface area contributed by atoms with Crippen LogP contribution in [0.3, 0.4) is 0 Å². The van der Waals surface area contributed by atoms with E-state index >= 15 is 0 Å². The van der Waals surface area contributed by atoms with Crippen molar-refractivity contribution in [3.8, 4) is 5.75 Å². The number of benzene rings is 3. The standard InChI is InChI=1S/C25H17FN2O4S/c1-32-17-9-5-8-15(12-17)21-20(22(29)14-6-3-2-4-7-14)23(30)24(31)28(21)25-27-18-11-10-16(26)13-19(18)33-25/h2-13,21,29H,1H3/b22-20+/t21-/m1/s1. The summed E-state index contributed by atoms with van der Waals surface area (Å²) in [4.78, 5) is 32.1. The Balaban J connectivity index is 1.74. The van der Waals surface area contributed by atoms with Crippen LogP contribution in [0, 0.1) is 5.82 Å². The van der Waals surface area contributed by atoms with Crippen molar-refractivity contribution >= 4 is 44.1 Å². The van der Waals surface area contributed by atoms with E-state index in [-0.39, 0.29) is 16.5 Å². The SMILES string of the molecule is COc1cccc([C@@H]2/C(=C(\O)c3ccccc3)C(=O)C(=O)N2c2nc3ccc(F)cc3s2)c1. The Labute approximate surface area is 192 Å². The zero-order valence-corrected chi connectivity index (χ0v) is 18.2. The van der Waals surface area contributed by atoms with Gasteiger partial charge in [-0.2, -0.15) is 0 Å². The van der Waals surface area contributed by atoms with E-state index in [1.165, 1.54) is 30.2 Å². The summed E-state index contributed by atoms with van der Waals surface area (Å²) >= 11 is 1.10. The molecule has 1 saturated heterocycles. The second kappa shape index (κ2) is 8.14. The van der Waals surface area contributed by atoms with Crippen LogP contribution in [-0.4, -0.2) is 28.9 Å². The Morgan fingerprint density at radius 3 is 2.61 bits per heavy atom. The summed E-state index contributed by atoms with van der Waals surface area (Å²) in [6.45, 7) is 0. The molecule has 1 fully saturated rings. The van der Waals surface area contributed by atoms with Crippen LogP contribution in [0.5, 0.6) is 5.75 Å². The molecule has 0 bridgehead atoms. The lowest BCUT2D eigenvalue weighted by Gasteiger charge is -2.23. The number of rotatable bonds is 4. The molecule has 0 radical (unpaired) electrons. The predicted molar refractivity (Wildman–Crippen MR) is 124 cm³/mol. The predicted octanol–water partition coefficient (Wildman–Crippen LogP) is 5.07. The molecule has 4 aromatic rings. The molecule has 8 heteroatoms. The van der Waals surface area contributed by atoms with E-state index < -0.39 is 23.5 Å². The molecule has 0 spiro atoms. The van der Waals surface area contributed by atoms with Crippen LogP contribution in [0.25, 0.3) is 16.0 Å². The number of thiazole rings is 1. The second-order valence-corrected chi connectivity index (χ2v) is 8.43. The monoisotopic (exact) mass is 460 g/mol. The number of carbonyl (C=O) groups is 2. The topological polar surface area (TPSA) is 79.7 Å².